The molecule has 2 saturated heterocycles. The van der Waals surface area contributed by atoms with Crippen molar-refractivity contribution in [3.05, 3.63) is 65.7 Å². The fraction of sp³-hybridized carbons (Fsp3) is 0.391. The molecule has 3 atom stereocenters. The maximum Gasteiger partial charge on any atom is 0.254 e. The molecule has 30 heavy (non-hydrogen) atoms. The Balaban J connectivity index is 0.00000256. The van der Waals surface area contributed by atoms with Crippen LogP contribution in [0.15, 0.2) is 54.6 Å². The second-order valence-corrected chi connectivity index (χ2v) is 7.64. The van der Waals surface area contributed by atoms with Gasteiger partial charge in [0, 0.05) is 24.3 Å². The average molecular weight is 430 g/mol. The minimum Gasteiger partial charge on any atom is -0.375 e. The molecule has 2 aliphatic heterocycles. The molecule has 2 N–H and O–H groups in total. The van der Waals surface area contributed by atoms with Gasteiger partial charge in [0.05, 0.1) is 18.8 Å². The van der Waals surface area contributed by atoms with Crippen LogP contribution in [0.25, 0.3) is 0 Å². The fourth-order valence-electron chi connectivity index (χ4n) is 4.14. The van der Waals surface area contributed by atoms with Crippen LogP contribution < -0.4 is 10.6 Å². The van der Waals surface area contributed by atoms with E-state index < -0.39 is 0 Å². The zero-order valence-electron chi connectivity index (χ0n) is 17.0. The van der Waals surface area contributed by atoms with Crippen LogP contribution in [-0.2, 0) is 9.53 Å². The lowest BCUT2D eigenvalue weighted by Crippen LogP contribution is -2.53. The number of likely N-dealkylation sites (tertiary alicyclic amines) is 1. The highest BCUT2D eigenvalue weighted by Crippen LogP contribution is 2.33. The third-order valence-corrected chi connectivity index (χ3v) is 5.70. The molecule has 2 aromatic rings. The molecule has 6 nitrogen and oxygen atoms in total. The molecule has 0 bridgehead atoms. The van der Waals surface area contributed by atoms with Crippen molar-refractivity contribution in [3.63, 3.8) is 0 Å². The molecule has 2 aromatic carbocycles. The van der Waals surface area contributed by atoms with Gasteiger partial charge in [0.15, 0.2) is 0 Å². The van der Waals surface area contributed by atoms with Crippen molar-refractivity contribution in [2.24, 2.45) is 0 Å². The summed E-state index contributed by atoms with van der Waals surface area (Å²) in [5, 5.41) is 6.08. The molecule has 0 aromatic heterocycles. The molecular weight excluding hydrogens is 402 g/mol. The fourth-order valence-corrected chi connectivity index (χ4v) is 4.14. The quantitative estimate of drug-likeness (QED) is 0.781. The molecular formula is C23H28ClN3O3. The van der Waals surface area contributed by atoms with Gasteiger partial charge in [-0.3, -0.25) is 9.59 Å². The first-order valence-corrected chi connectivity index (χ1v) is 10.3. The maximum absolute atomic E-state index is 13.1. The van der Waals surface area contributed by atoms with Crippen molar-refractivity contribution in [2.45, 2.75) is 38.0 Å². The topological polar surface area (TPSA) is 70.7 Å². The van der Waals surface area contributed by atoms with Gasteiger partial charge < -0.3 is 20.3 Å². The van der Waals surface area contributed by atoms with Crippen LogP contribution >= 0.6 is 12.4 Å². The molecule has 4 rings (SSSR count). The summed E-state index contributed by atoms with van der Waals surface area (Å²) in [5.41, 5.74) is 2.49. The maximum atomic E-state index is 13.1. The van der Waals surface area contributed by atoms with E-state index in [1.165, 1.54) is 5.56 Å². The summed E-state index contributed by atoms with van der Waals surface area (Å²) in [6.45, 7) is 3.93. The lowest BCUT2D eigenvalue weighted by molar-refractivity contribution is -0.123. The number of hydrogen-bond acceptors (Lipinski definition) is 4. The normalized spacial score (nSPS) is 23.5. The van der Waals surface area contributed by atoms with E-state index in [9.17, 15) is 9.59 Å². The predicted molar refractivity (Wildman–Crippen MR) is 119 cm³/mol. The van der Waals surface area contributed by atoms with Gasteiger partial charge in [-0.15, -0.1) is 12.4 Å². The summed E-state index contributed by atoms with van der Waals surface area (Å²) >= 11 is 0. The Labute approximate surface area is 183 Å². The van der Waals surface area contributed by atoms with E-state index in [1.807, 2.05) is 30.0 Å². The third kappa shape index (κ3) is 4.83. The summed E-state index contributed by atoms with van der Waals surface area (Å²) in [4.78, 5) is 27.5. The molecule has 160 valence electrons. The van der Waals surface area contributed by atoms with Gasteiger partial charge in [-0.1, -0.05) is 30.3 Å². The van der Waals surface area contributed by atoms with E-state index in [0.717, 1.165) is 19.4 Å². The minimum absolute atomic E-state index is 0. The van der Waals surface area contributed by atoms with Gasteiger partial charge in [0.2, 0.25) is 5.91 Å². The van der Waals surface area contributed by atoms with Crippen LogP contribution in [-0.4, -0.2) is 48.6 Å². The van der Waals surface area contributed by atoms with Gasteiger partial charge in [-0.25, -0.2) is 0 Å². The van der Waals surface area contributed by atoms with Crippen molar-refractivity contribution in [1.82, 2.24) is 10.2 Å². The van der Waals surface area contributed by atoms with Gasteiger partial charge in [0.1, 0.15) is 6.04 Å². The summed E-state index contributed by atoms with van der Waals surface area (Å²) in [7, 11) is 0. The molecule has 7 heteroatoms. The number of benzene rings is 2. The smallest absolute Gasteiger partial charge is 0.254 e. The zero-order chi connectivity index (χ0) is 20.2. The monoisotopic (exact) mass is 429 g/mol. The SMILES string of the molecule is C[C@H]1OCCN[C@@H]1C(=O)Nc1ccc(C(=O)N2CCCC2c2ccccc2)cc1.Cl. The third-order valence-electron chi connectivity index (χ3n) is 5.70. The highest BCUT2D eigenvalue weighted by Gasteiger charge is 2.31. The second-order valence-electron chi connectivity index (χ2n) is 7.64. The van der Waals surface area contributed by atoms with Crippen molar-refractivity contribution in [2.75, 3.05) is 25.0 Å². The molecule has 0 spiro atoms. The molecule has 2 fully saturated rings. The molecule has 0 radical (unpaired) electrons. The Morgan fingerprint density at radius 3 is 2.53 bits per heavy atom. The summed E-state index contributed by atoms with van der Waals surface area (Å²) in [6, 6.07) is 17.1. The van der Waals surface area contributed by atoms with Crippen molar-refractivity contribution in [1.29, 1.82) is 0 Å². The van der Waals surface area contributed by atoms with Crippen LogP contribution in [0.5, 0.6) is 0 Å². The first kappa shape index (κ1) is 22.3. The van der Waals surface area contributed by atoms with E-state index >= 15 is 0 Å². The molecule has 0 saturated carbocycles. The lowest BCUT2D eigenvalue weighted by Gasteiger charge is -2.29. The zero-order valence-corrected chi connectivity index (χ0v) is 17.9. The van der Waals surface area contributed by atoms with Crippen molar-refractivity contribution in [3.8, 4) is 0 Å². The van der Waals surface area contributed by atoms with Gasteiger partial charge in [-0.05, 0) is 49.6 Å². The Kier molecular flexibility index (Phi) is 7.48. The van der Waals surface area contributed by atoms with Crippen LogP contribution in [0.2, 0.25) is 0 Å². The first-order valence-electron chi connectivity index (χ1n) is 10.3. The molecule has 2 amide bonds. The van der Waals surface area contributed by atoms with Crippen LogP contribution in [0, 0.1) is 0 Å². The summed E-state index contributed by atoms with van der Waals surface area (Å²) < 4.78 is 5.53. The number of hydrogen-bond donors (Lipinski definition) is 2. The van der Waals surface area contributed by atoms with E-state index in [-0.39, 0.29) is 42.4 Å². The Morgan fingerprint density at radius 2 is 1.83 bits per heavy atom. The van der Waals surface area contributed by atoms with Crippen LogP contribution in [0.4, 0.5) is 5.69 Å². The number of halogens is 1. The van der Waals surface area contributed by atoms with Crippen molar-refractivity contribution < 1.29 is 14.3 Å². The van der Waals surface area contributed by atoms with Crippen LogP contribution in [0.3, 0.4) is 0 Å². The van der Waals surface area contributed by atoms with E-state index in [0.29, 0.717) is 24.4 Å². The van der Waals surface area contributed by atoms with E-state index in [1.54, 1.807) is 24.3 Å². The van der Waals surface area contributed by atoms with Crippen molar-refractivity contribution >= 4 is 29.9 Å². The Bertz CT molecular complexity index is 860. The van der Waals surface area contributed by atoms with E-state index in [4.69, 9.17) is 4.74 Å². The largest absolute Gasteiger partial charge is 0.375 e. The number of amides is 2. The summed E-state index contributed by atoms with van der Waals surface area (Å²) in [5.74, 6) is -0.0924. The highest BCUT2D eigenvalue weighted by molar-refractivity contribution is 5.97. The molecule has 2 heterocycles. The predicted octanol–water partition coefficient (Wildman–Crippen LogP) is 3.40. The Hall–Kier alpha value is -2.41. The minimum atomic E-state index is -0.374. The Morgan fingerprint density at radius 1 is 1.10 bits per heavy atom. The van der Waals surface area contributed by atoms with Gasteiger partial charge >= 0.3 is 0 Å². The molecule has 2 aliphatic rings. The second kappa shape index (κ2) is 10.1. The molecule has 0 aliphatic carbocycles. The first-order chi connectivity index (χ1) is 14.1. The highest BCUT2D eigenvalue weighted by atomic mass is 35.5. The average Bonchev–Trinajstić information content (AvgIpc) is 3.24. The van der Waals surface area contributed by atoms with E-state index in [2.05, 4.69) is 22.8 Å². The van der Waals surface area contributed by atoms with Gasteiger partial charge in [-0.2, -0.15) is 0 Å². The number of carbonyl (C=O) groups is 2. The number of nitrogens with zero attached hydrogens (tertiary/aromatic N) is 1. The number of rotatable bonds is 4. The number of carbonyl (C=O) groups excluding carboxylic acids is 2. The number of anilines is 1. The standard InChI is InChI=1S/C23H27N3O3.ClH/c1-16-21(24-13-15-29-16)22(27)25-19-11-9-18(10-12-19)23(28)26-14-5-8-20(26)17-6-3-2-4-7-17;/h2-4,6-7,9-12,16,20-21,24H,5,8,13-15H2,1H3,(H,25,27);1H/t16-,20?,21+;/m1./s1. The number of nitrogens with one attached hydrogen (secondary N) is 2. The molecule has 1 unspecified atom stereocenters. The lowest BCUT2D eigenvalue weighted by atomic mass is 10.0. The number of ether oxygens (including phenoxy) is 1. The summed E-state index contributed by atoms with van der Waals surface area (Å²) in [6.07, 6.45) is 1.82. The van der Waals surface area contributed by atoms with Crippen LogP contribution in [0.1, 0.15) is 41.7 Å². The number of morpholine rings is 1. The van der Waals surface area contributed by atoms with Gasteiger partial charge in [0.25, 0.3) is 5.91 Å².